The van der Waals surface area contributed by atoms with Crippen LogP contribution in [-0.4, -0.2) is 50.2 Å². The summed E-state index contributed by atoms with van der Waals surface area (Å²) in [6.07, 6.45) is 4.73. The largest absolute Gasteiger partial charge is 0.506 e. The van der Waals surface area contributed by atoms with E-state index >= 15 is 0 Å². The lowest BCUT2D eigenvalue weighted by Crippen LogP contribution is -2.39. The SMILES string of the molecule is CS(=O)(=O)Nc1cc(OC[C@@H](O)CNC2CCC(c3ccccc3)CC2)ccc1O. The Balaban J connectivity index is 1.40. The number of sulfonamides is 1. The molecule has 164 valence electrons. The molecule has 1 fully saturated rings. The molecule has 7 nitrogen and oxygen atoms in total. The Morgan fingerprint density at radius 2 is 1.80 bits per heavy atom. The number of phenols is 1. The van der Waals surface area contributed by atoms with Gasteiger partial charge in [0, 0.05) is 18.7 Å². The van der Waals surface area contributed by atoms with E-state index in [1.807, 2.05) is 6.07 Å². The number of rotatable bonds is 9. The fraction of sp³-hybridized carbons (Fsp3) is 0.455. The van der Waals surface area contributed by atoms with Gasteiger partial charge in [-0.2, -0.15) is 0 Å². The van der Waals surface area contributed by atoms with Gasteiger partial charge >= 0.3 is 0 Å². The van der Waals surface area contributed by atoms with Crippen molar-refractivity contribution in [1.82, 2.24) is 5.32 Å². The fourth-order valence-electron chi connectivity index (χ4n) is 3.80. The monoisotopic (exact) mass is 434 g/mol. The minimum atomic E-state index is -3.52. The third-order valence-corrected chi connectivity index (χ3v) is 5.94. The molecule has 0 amide bonds. The molecule has 30 heavy (non-hydrogen) atoms. The molecule has 2 aromatic carbocycles. The third-order valence-electron chi connectivity index (χ3n) is 5.35. The number of aromatic hydroxyl groups is 1. The average molecular weight is 435 g/mol. The van der Waals surface area contributed by atoms with Gasteiger partial charge in [-0.25, -0.2) is 8.42 Å². The van der Waals surface area contributed by atoms with Crippen molar-refractivity contribution < 1.29 is 23.4 Å². The summed E-state index contributed by atoms with van der Waals surface area (Å²) in [7, 11) is -3.52. The molecule has 1 aliphatic rings. The summed E-state index contributed by atoms with van der Waals surface area (Å²) in [5.74, 6) is 0.782. The van der Waals surface area contributed by atoms with E-state index in [4.69, 9.17) is 4.74 Å². The molecule has 1 saturated carbocycles. The zero-order chi connectivity index (χ0) is 21.6. The van der Waals surface area contributed by atoms with Crippen LogP contribution in [0, 0.1) is 0 Å². The average Bonchev–Trinajstić information content (AvgIpc) is 2.73. The quantitative estimate of drug-likeness (QED) is 0.452. The highest BCUT2D eigenvalue weighted by molar-refractivity contribution is 7.92. The molecule has 0 heterocycles. The van der Waals surface area contributed by atoms with Gasteiger partial charge < -0.3 is 20.3 Å². The number of ether oxygens (including phenoxy) is 1. The van der Waals surface area contributed by atoms with Crippen LogP contribution in [0.1, 0.15) is 37.2 Å². The molecule has 0 bridgehead atoms. The number of hydrogen-bond donors (Lipinski definition) is 4. The molecule has 1 aliphatic carbocycles. The Bertz CT molecular complexity index is 912. The van der Waals surface area contributed by atoms with Crippen LogP contribution in [-0.2, 0) is 10.0 Å². The molecule has 4 N–H and O–H groups in total. The van der Waals surface area contributed by atoms with Crippen molar-refractivity contribution >= 4 is 15.7 Å². The van der Waals surface area contributed by atoms with E-state index in [1.165, 1.54) is 23.8 Å². The second-order valence-electron chi connectivity index (χ2n) is 7.89. The lowest BCUT2D eigenvalue weighted by molar-refractivity contribution is 0.101. The molecule has 0 aromatic heterocycles. The summed E-state index contributed by atoms with van der Waals surface area (Å²) in [6, 6.07) is 15.3. The van der Waals surface area contributed by atoms with Crippen LogP contribution in [0.5, 0.6) is 11.5 Å². The van der Waals surface area contributed by atoms with E-state index in [2.05, 4.69) is 34.3 Å². The highest BCUT2D eigenvalue weighted by atomic mass is 32.2. The summed E-state index contributed by atoms with van der Waals surface area (Å²) in [4.78, 5) is 0. The van der Waals surface area contributed by atoms with Crippen LogP contribution in [0.25, 0.3) is 0 Å². The van der Waals surface area contributed by atoms with E-state index < -0.39 is 16.1 Å². The topological polar surface area (TPSA) is 108 Å². The summed E-state index contributed by atoms with van der Waals surface area (Å²) in [5, 5.41) is 23.4. The first-order valence-electron chi connectivity index (χ1n) is 10.2. The summed E-state index contributed by atoms with van der Waals surface area (Å²) < 4.78 is 30.5. The van der Waals surface area contributed by atoms with Crippen LogP contribution < -0.4 is 14.8 Å². The standard InChI is InChI=1S/C22H30N2O5S/c1-30(27,28)24-21-13-20(11-12-22(21)26)29-15-19(25)14-23-18-9-7-17(8-10-18)16-5-3-2-4-6-16/h2-6,11-13,17-19,23-26H,7-10,14-15H2,1H3/t17?,18?,19-/m0/s1. The summed E-state index contributed by atoms with van der Waals surface area (Å²) in [6.45, 7) is 0.489. The van der Waals surface area contributed by atoms with Gasteiger partial charge in [0.1, 0.15) is 24.2 Å². The molecule has 0 radical (unpaired) electrons. The van der Waals surface area contributed by atoms with Crippen LogP contribution in [0.3, 0.4) is 0 Å². The Morgan fingerprint density at radius 3 is 2.47 bits per heavy atom. The number of anilines is 1. The van der Waals surface area contributed by atoms with Gasteiger partial charge in [-0.05, 0) is 49.3 Å². The maximum atomic E-state index is 11.4. The molecule has 1 atom stereocenters. The van der Waals surface area contributed by atoms with E-state index in [0.29, 0.717) is 24.3 Å². The van der Waals surface area contributed by atoms with E-state index in [9.17, 15) is 18.6 Å². The normalized spacial score (nSPS) is 20.5. The lowest BCUT2D eigenvalue weighted by Gasteiger charge is -2.30. The van der Waals surface area contributed by atoms with Gasteiger partial charge in [0.15, 0.2) is 0 Å². The fourth-order valence-corrected chi connectivity index (χ4v) is 4.36. The predicted molar refractivity (Wildman–Crippen MR) is 118 cm³/mol. The van der Waals surface area contributed by atoms with Crippen molar-refractivity contribution in [3.63, 3.8) is 0 Å². The highest BCUT2D eigenvalue weighted by Gasteiger charge is 2.22. The second-order valence-corrected chi connectivity index (χ2v) is 9.63. The van der Waals surface area contributed by atoms with Gasteiger partial charge in [0.05, 0.1) is 11.9 Å². The maximum absolute atomic E-state index is 11.4. The van der Waals surface area contributed by atoms with Crippen LogP contribution in [0.2, 0.25) is 0 Å². The van der Waals surface area contributed by atoms with Crippen molar-refractivity contribution in [2.75, 3.05) is 24.1 Å². The zero-order valence-corrected chi connectivity index (χ0v) is 17.9. The van der Waals surface area contributed by atoms with E-state index in [-0.39, 0.29) is 18.0 Å². The number of nitrogens with one attached hydrogen (secondary N) is 2. The molecule has 3 rings (SSSR count). The van der Waals surface area contributed by atoms with E-state index in [1.54, 1.807) is 0 Å². The molecule has 0 unspecified atom stereocenters. The number of phenolic OH excluding ortho intramolecular Hbond substituents is 1. The number of benzene rings is 2. The lowest BCUT2D eigenvalue weighted by atomic mass is 9.82. The van der Waals surface area contributed by atoms with Crippen LogP contribution in [0.4, 0.5) is 5.69 Å². The molecule has 0 aliphatic heterocycles. The van der Waals surface area contributed by atoms with Gasteiger partial charge in [-0.3, -0.25) is 4.72 Å². The number of aliphatic hydroxyl groups is 1. The Labute approximate surface area is 178 Å². The summed E-state index contributed by atoms with van der Waals surface area (Å²) >= 11 is 0. The third kappa shape index (κ3) is 6.90. The molecule has 0 spiro atoms. The maximum Gasteiger partial charge on any atom is 0.229 e. The van der Waals surface area contributed by atoms with Gasteiger partial charge in [-0.15, -0.1) is 0 Å². The molecule has 2 aromatic rings. The summed E-state index contributed by atoms with van der Waals surface area (Å²) in [5.41, 5.74) is 1.45. The van der Waals surface area contributed by atoms with Gasteiger partial charge in [-0.1, -0.05) is 30.3 Å². The molecule has 8 heteroatoms. The van der Waals surface area contributed by atoms with Crippen molar-refractivity contribution in [2.45, 2.75) is 43.7 Å². The minimum absolute atomic E-state index is 0.0396. The first kappa shape index (κ1) is 22.4. The minimum Gasteiger partial charge on any atom is -0.506 e. The number of hydrogen-bond acceptors (Lipinski definition) is 6. The Hall–Kier alpha value is -2.29. The first-order valence-corrected chi connectivity index (χ1v) is 12.1. The molecule has 0 saturated heterocycles. The first-order chi connectivity index (χ1) is 14.3. The highest BCUT2D eigenvalue weighted by Crippen LogP contribution is 2.32. The molecular weight excluding hydrogens is 404 g/mol. The molecular formula is C22H30N2O5S. The van der Waals surface area contributed by atoms with Crippen LogP contribution >= 0.6 is 0 Å². The van der Waals surface area contributed by atoms with Crippen molar-refractivity contribution in [1.29, 1.82) is 0 Å². The zero-order valence-electron chi connectivity index (χ0n) is 17.1. The second kappa shape index (κ2) is 10.1. The van der Waals surface area contributed by atoms with E-state index in [0.717, 1.165) is 31.9 Å². The number of aliphatic hydroxyl groups excluding tert-OH is 1. The van der Waals surface area contributed by atoms with Crippen molar-refractivity contribution in [3.05, 3.63) is 54.1 Å². The van der Waals surface area contributed by atoms with Crippen LogP contribution in [0.15, 0.2) is 48.5 Å². The van der Waals surface area contributed by atoms with Gasteiger partial charge in [0.2, 0.25) is 10.0 Å². The smallest absolute Gasteiger partial charge is 0.229 e. The van der Waals surface area contributed by atoms with Crippen molar-refractivity contribution in [3.8, 4) is 11.5 Å². The van der Waals surface area contributed by atoms with Crippen molar-refractivity contribution in [2.24, 2.45) is 0 Å². The Morgan fingerprint density at radius 1 is 1.10 bits per heavy atom. The Kier molecular flexibility index (Phi) is 7.58. The predicted octanol–water partition coefficient (Wildman–Crippen LogP) is 2.82. The van der Waals surface area contributed by atoms with Gasteiger partial charge in [0.25, 0.3) is 0 Å².